The number of carbonyl (C=O) groups is 1. The second kappa shape index (κ2) is 11.9. The van der Waals surface area contributed by atoms with Gasteiger partial charge in [0.15, 0.2) is 5.82 Å². The molecule has 5 rings (SSSR count). The fourth-order valence-electron chi connectivity index (χ4n) is 6.45. The van der Waals surface area contributed by atoms with Gasteiger partial charge >= 0.3 is 12.2 Å². The molecule has 3 aliphatic heterocycles. The highest BCUT2D eigenvalue weighted by atomic mass is 19.4. The van der Waals surface area contributed by atoms with Crippen LogP contribution in [0.15, 0.2) is 18.7 Å². The number of anilines is 2. The van der Waals surface area contributed by atoms with E-state index in [0.717, 1.165) is 25.5 Å². The Hall–Kier alpha value is -3.45. The number of likely N-dealkylation sites (tertiary alicyclic amines) is 1. The molecule has 1 aromatic carbocycles. The van der Waals surface area contributed by atoms with Crippen molar-refractivity contribution in [2.45, 2.75) is 77.0 Å². The quantitative estimate of drug-likeness (QED) is 0.293. The van der Waals surface area contributed by atoms with Gasteiger partial charge in [-0.05, 0) is 64.9 Å². The van der Waals surface area contributed by atoms with E-state index in [2.05, 4.69) is 16.5 Å². The number of aryl methyl sites for hydroxylation is 1. The molecule has 2 N–H and O–H groups in total. The molecule has 3 aliphatic rings. The molecule has 0 spiro atoms. The lowest BCUT2D eigenvalue weighted by Crippen LogP contribution is -2.58. The molecule has 13 heteroatoms. The van der Waals surface area contributed by atoms with Crippen LogP contribution >= 0.6 is 0 Å². The lowest BCUT2D eigenvalue weighted by Gasteiger charge is -2.45. The first-order valence-electron chi connectivity index (χ1n) is 14.5. The zero-order valence-electron chi connectivity index (χ0n) is 24.9. The number of nitrogen functional groups attached to an aromatic ring is 1. The summed E-state index contributed by atoms with van der Waals surface area (Å²) in [6, 6.07) is 0.949. The summed E-state index contributed by atoms with van der Waals surface area (Å²) in [5.41, 5.74) is 4.52. The first-order valence-corrected chi connectivity index (χ1v) is 14.5. The van der Waals surface area contributed by atoms with Crippen molar-refractivity contribution in [2.75, 3.05) is 43.9 Å². The zero-order valence-corrected chi connectivity index (χ0v) is 24.9. The molecule has 2 aromatic rings. The number of aromatic nitrogens is 2. The van der Waals surface area contributed by atoms with Crippen LogP contribution in [-0.4, -0.2) is 77.1 Å². The maximum Gasteiger partial charge on any atom is 0.417 e. The average molecular weight is 607 g/mol. The number of rotatable bonds is 6. The van der Waals surface area contributed by atoms with Crippen LogP contribution in [-0.2, 0) is 28.7 Å². The van der Waals surface area contributed by atoms with Gasteiger partial charge in [0, 0.05) is 48.8 Å². The largest absolute Gasteiger partial charge is 0.462 e. The third kappa shape index (κ3) is 6.01. The minimum atomic E-state index is -4.82. The molecule has 0 unspecified atom stereocenters. The summed E-state index contributed by atoms with van der Waals surface area (Å²) < 4.78 is 69.9. The average Bonchev–Trinajstić information content (AvgIpc) is 3.37. The summed E-state index contributed by atoms with van der Waals surface area (Å²) in [4.78, 5) is 27.8. The summed E-state index contributed by atoms with van der Waals surface area (Å²) in [5.74, 6) is -0.782. The minimum Gasteiger partial charge on any atom is -0.462 e. The van der Waals surface area contributed by atoms with E-state index >= 15 is 4.39 Å². The fraction of sp³-hybridized carbons (Fsp3) is 0.567. The Balaban J connectivity index is 1.54. The van der Waals surface area contributed by atoms with Crippen molar-refractivity contribution in [3.63, 3.8) is 0 Å². The number of ether oxygens (including phenoxy) is 2. The van der Waals surface area contributed by atoms with E-state index in [0.29, 0.717) is 36.8 Å². The second-order valence-electron chi connectivity index (χ2n) is 11.8. The molecule has 4 atom stereocenters. The Bertz CT molecular complexity index is 1400. The Morgan fingerprint density at radius 2 is 2.00 bits per heavy atom. The molecule has 9 nitrogen and oxygen atoms in total. The Morgan fingerprint density at radius 3 is 2.65 bits per heavy atom. The number of halogens is 4. The van der Waals surface area contributed by atoms with Crippen LogP contribution in [0.5, 0.6) is 6.01 Å². The van der Waals surface area contributed by atoms with Crippen molar-refractivity contribution >= 4 is 17.4 Å². The van der Waals surface area contributed by atoms with Crippen LogP contribution in [0.3, 0.4) is 0 Å². The van der Waals surface area contributed by atoms with Gasteiger partial charge in [-0.1, -0.05) is 6.58 Å². The monoisotopic (exact) mass is 606 g/mol. The van der Waals surface area contributed by atoms with E-state index in [1.165, 1.54) is 13.0 Å². The number of nitrogens with two attached hydrogens (primary N) is 1. The van der Waals surface area contributed by atoms with Crippen LogP contribution in [0.25, 0.3) is 0 Å². The highest BCUT2D eigenvalue weighted by molar-refractivity contribution is 5.87. The third-order valence-corrected chi connectivity index (χ3v) is 8.78. The van der Waals surface area contributed by atoms with Crippen LogP contribution in [0, 0.1) is 12.7 Å². The number of benzene rings is 1. The Kier molecular flexibility index (Phi) is 8.59. The highest BCUT2D eigenvalue weighted by Crippen LogP contribution is 2.44. The number of piperazine rings is 1. The van der Waals surface area contributed by atoms with Crippen molar-refractivity contribution in [1.29, 1.82) is 0 Å². The molecule has 4 heterocycles. The van der Waals surface area contributed by atoms with E-state index in [-0.39, 0.29) is 54.3 Å². The van der Waals surface area contributed by atoms with Crippen molar-refractivity contribution in [2.24, 2.45) is 0 Å². The summed E-state index contributed by atoms with van der Waals surface area (Å²) in [6.45, 7) is 10.8. The first-order chi connectivity index (χ1) is 20.3. The van der Waals surface area contributed by atoms with E-state index in [9.17, 15) is 18.0 Å². The maximum absolute atomic E-state index is 15.3. The third-order valence-electron chi connectivity index (χ3n) is 8.78. The summed E-state index contributed by atoms with van der Waals surface area (Å²) in [5, 5.41) is 0. The predicted molar refractivity (Wildman–Crippen MR) is 153 cm³/mol. The molecule has 0 aliphatic carbocycles. The summed E-state index contributed by atoms with van der Waals surface area (Å²) in [6.07, 6.45) is -2.92. The lowest BCUT2D eigenvalue weighted by molar-refractivity contribution is -0.140. The van der Waals surface area contributed by atoms with Crippen LogP contribution < -0.4 is 15.4 Å². The molecule has 1 amide bonds. The highest BCUT2D eigenvalue weighted by Gasteiger charge is 2.42. The molecular weight excluding hydrogens is 568 g/mol. The van der Waals surface area contributed by atoms with Crippen LogP contribution in [0.2, 0.25) is 0 Å². The molecule has 0 bridgehead atoms. The molecule has 0 saturated carbocycles. The van der Waals surface area contributed by atoms with Gasteiger partial charge in [-0.2, -0.15) is 23.1 Å². The Morgan fingerprint density at radius 1 is 1.26 bits per heavy atom. The number of hydrogen-bond donors (Lipinski definition) is 1. The van der Waals surface area contributed by atoms with Gasteiger partial charge in [-0.25, -0.2) is 4.39 Å². The predicted octanol–water partition coefficient (Wildman–Crippen LogP) is 4.42. The van der Waals surface area contributed by atoms with Crippen molar-refractivity contribution in [3.05, 3.63) is 52.5 Å². The van der Waals surface area contributed by atoms with Crippen LogP contribution in [0.1, 0.15) is 60.7 Å². The molecule has 43 heavy (non-hydrogen) atoms. The van der Waals surface area contributed by atoms with E-state index in [1.54, 1.807) is 4.90 Å². The maximum atomic E-state index is 15.3. The lowest BCUT2D eigenvalue weighted by atomic mass is 9.91. The van der Waals surface area contributed by atoms with E-state index in [4.69, 9.17) is 20.2 Å². The first kappa shape index (κ1) is 31.0. The van der Waals surface area contributed by atoms with Gasteiger partial charge in [0.05, 0.1) is 29.7 Å². The van der Waals surface area contributed by atoms with Gasteiger partial charge in [0.2, 0.25) is 5.91 Å². The van der Waals surface area contributed by atoms with E-state index in [1.807, 2.05) is 25.8 Å². The number of carbonyl (C=O) groups excluding carboxylic acids is 1. The smallest absolute Gasteiger partial charge is 0.417 e. The zero-order chi connectivity index (χ0) is 31.2. The number of likely N-dealkylation sites (N-methyl/N-ethyl adjacent to an activating group) is 1. The van der Waals surface area contributed by atoms with E-state index < -0.39 is 29.2 Å². The minimum absolute atomic E-state index is 0.0967. The number of hydrogen-bond acceptors (Lipinski definition) is 8. The van der Waals surface area contributed by atoms with Gasteiger partial charge in [0.25, 0.3) is 0 Å². The van der Waals surface area contributed by atoms with Gasteiger partial charge in [-0.3, -0.25) is 4.79 Å². The van der Waals surface area contributed by atoms with Crippen LogP contribution in [0.4, 0.5) is 29.1 Å². The van der Waals surface area contributed by atoms with Crippen molar-refractivity contribution in [1.82, 2.24) is 19.8 Å². The molecule has 0 radical (unpaired) electrons. The normalized spacial score (nSPS) is 24.7. The van der Waals surface area contributed by atoms with Crippen molar-refractivity contribution in [3.8, 4) is 6.01 Å². The molecule has 1 aromatic heterocycles. The number of alkyl halides is 3. The summed E-state index contributed by atoms with van der Waals surface area (Å²) in [7, 11) is 2.02. The number of fused-ring (bicyclic) bond motifs is 1. The molecular formula is C30H38F4N6O3. The van der Waals surface area contributed by atoms with Gasteiger partial charge in [-0.15, -0.1) is 0 Å². The topological polar surface area (TPSA) is 97.0 Å². The Labute approximate surface area is 248 Å². The summed E-state index contributed by atoms with van der Waals surface area (Å²) >= 11 is 0. The second-order valence-corrected chi connectivity index (χ2v) is 11.8. The fourth-order valence-corrected chi connectivity index (χ4v) is 6.45. The molecule has 2 fully saturated rings. The SMILES string of the molecule is C=CC(=O)N1C[C@H](C)N(c2nc(OC[C@@H]3CCCN3C)nc3c2CO[C@@H](c2c(F)c(N)cc(C)c2C(F)(F)F)C3)C[C@H]1C. The molecule has 2 saturated heterocycles. The molecule has 234 valence electrons. The van der Waals surface area contributed by atoms with Gasteiger partial charge < -0.3 is 29.9 Å². The number of nitrogens with zero attached hydrogens (tertiary/aromatic N) is 5. The standard InChI is InChI=1S/C30H38F4N6O3/c1-6-24(41)39-12-18(4)40(13-17(39)3)28-20-15-42-23(25-26(30(32,33)34)16(2)10-21(35)27(25)31)11-22(20)36-29(37-28)43-14-19-8-7-9-38(19)5/h6,10,17-19,23H,1,7-9,11-15,35H2,2-5H3/t17-,18+,19+,23-/m1/s1. The number of amides is 1. The van der Waals surface area contributed by atoms with Crippen molar-refractivity contribution < 1.29 is 31.8 Å². The van der Waals surface area contributed by atoms with Gasteiger partial charge in [0.1, 0.15) is 12.4 Å².